The van der Waals surface area contributed by atoms with E-state index in [4.69, 9.17) is 14.5 Å². The van der Waals surface area contributed by atoms with Crippen LogP contribution in [0.2, 0.25) is 0 Å². The number of amides is 2. The molecule has 2 atom stereocenters. The number of rotatable bonds is 12. The molecule has 1 aliphatic rings. The molecule has 0 radical (unpaired) electrons. The molecular weight excluding hydrogens is 608 g/mol. The molecule has 48 heavy (non-hydrogen) atoms. The van der Waals surface area contributed by atoms with E-state index in [2.05, 4.69) is 16.0 Å². The maximum absolute atomic E-state index is 13.9. The van der Waals surface area contributed by atoms with E-state index in [-0.39, 0.29) is 23.8 Å². The minimum absolute atomic E-state index is 0.0158. The summed E-state index contributed by atoms with van der Waals surface area (Å²) in [5.41, 5.74) is 4.40. The highest BCUT2D eigenvalue weighted by atomic mass is 16.6. The Bertz CT molecular complexity index is 1710. The van der Waals surface area contributed by atoms with Gasteiger partial charge in [-0.05, 0) is 87.4 Å². The molecule has 10 nitrogen and oxygen atoms in total. The summed E-state index contributed by atoms with van der Waals surface area (Å²) < 4.78 is 13.2. The number of piperidine rings is 1. The monoisotopic (exact) mass is 654 g/mol. The standard InChI is InChI=1S/C38H46N4O6/c1-38(2,3)48-37(46)39-31(23-26-12-14-27(15-13-26)28-16-18-29(19-17-28)36(44)45)24-34(43)41-20-7-9-30(25-41)35-40-32-10-5-6-11-33(32)42(35)21-8-22-47-4/h5-6,10-19,30-31H,7-9,20-25H2,1-4H3,(H,39,46)(H,44,45). The minimum atomic E-state index is -0.965. The number of benzene rings is 3. The summed E-state index contributed by atoms with van der Waals surface area (Å²) in [6.07, 6.45) is 2.70. The number of aromatic nitrogens is 2. The van der Waals surface area contributed by atoms with E-state index in [1.807, 2.05) is 68.1 Å². The molecule has 0 spiro atoms. The van der Waals surface area contributed by atoms with Crippen LogP contribution >= 0.6 is 0 Å². The van der Waals surface area contributed by atoms with Crippen molar-refractivity contribution in [3.63, 3.8) is 0 Å². The lowest BCUT2D eigenvalue weighted by molar-refractivity contribution is -0.133. The molecule has 2 amide bonds. The Morgan fingerprint density at radius 2 is 1.69 bits per heavy atom. The number of carboxylic acids is 1. The molecule has 2 unspecified atom stereocenters. The number of imidazole rings is 1. The highest BCUT2D eigenvalue weighted by molar-refractivity contribution is 5.88. The van der Waals surface area contributed by atoms with Crippen LogP contribution in [0.4, 0.5) is 4.79 Å². The Labute approximate surface area is 282 Å². The van der Waals surface area contributed by atoms with Gasteiger partial charge in [0, 0.05) is 51.7 Å². The number of ether oxygens (including phenoxy) is 2. The lowest BCUT2D eigenvalue weighted by Gasteiger charge is -2.34. The summed E-state index contributed by atoms with van der Waals surface area (Å²) in [7, 11) is 1.71. The van der Waals surface area contributed by atoms with Gasteiger partial charge < -0.3 is 29.4 Å². The largest absolute Gasteiger partial charge is 0.478 e. The molecule has 254 valence electrons. The maximum Gasteiger partial charge on any atom is 0.407 e. The molecule has 1 fully saturated rings. The van der Waals surface area contributed by atoms with E-state index in [0.717, 1.165) is 59.4 Å². The van der Waals surface area contributed by atoms with E-state index in [1.54, 1.807) is 31.4 Å². The summed E-state index contributed by atoms with van der Waals surface area (Å²) in [4.78, 5) is 44.9. The number of aromatic carboxylic acids is 1. The lowest BCUT2D eigenvalue weighted by atomic mass is 9.95. The zero-order valence-electron chi connectivity index (χ0n) is 28.3. The first-order valence-electron chi connectivity index (χ1n) is 16.6. The SMILES string of the molecule is COCCCn1c(C2CCCN(C(=O)CC(Cc3ccc(-c4ccc(C(=O)O)cc4)cc3)NC(=O)OC(C)(C)C)C2)nc2ccccc21. The number of hydrogen-bond acceptors (Lipinski definition) is 6. The first-order valence-corrected chi connectivity index (χ1v) is 16.6. The number of methoxy groups -OCH3 is 1. The summed E-state index contributed by atoms with van der Waals surface area (Å²) >= 11 is 0. The molecule has 2 N–H and O–H groups in total. The van der Waals surface area contributed by atoms with Crippen molar-refractivity contribution < 1.29 is 29.0 Å². The van der Waals surface area contributed by atoms with E-state index < -0.39 is 23.7 Å². The normalized spacial score (nSPS) is 15.7. The number of para-hydroxylation sites is 2. The van der Waals surface area contributed by atoms with Gasteiger partial charge in [-0.2, -0.15) is 0 Å². The van der Waals surface area contributed by atoms with Crippen molar-refractivity contribution in [2.45, 2.75) is 77.0 Å². The number of fused-ring (bicyclic) bond motifs is 1. The van der Waals surface area contributed by atoms with Gasteiger partial charge in [-0.1, -0.05) is 48.5 Å². The van der Waals surface area contributed by atoms with Gasteiger partial charge in [-0.15, -0.1) is 0 Å². The molecule has 3 aromatic carbocycles. The van der Waals surface area contributed by atoms with Crippen LogP contribution in [0.5, 0.6) is 0 Å². The summed E-state index contributed by atoms with van der Waals surface area (Å²) in [6.45, 7) is 8.12. The van der Waals surface area contributed by atoms with Crippen LogP contribution in [0.3, 0.4) is 0 Å². The molecule has 1 saturated heterocycles. The number of carboxylic acid groups (broad SMARTS) is 1. The van der Waals surface area contributed by atoms with Crippen LogP contribution in [0.25, 0.3) is 22.2 Å². The molecule has 1 aromatic heterocycles. The number of carbonyl (C=O) groups is 3. The predicted octanol–water partition coefficient (Wildman–Crippen LogP) is 6.67. The third-order valence-electron chi connectivity index (χ3n) is 8.60. The number of carbonyl (C=O) groups excluding carboxylic acids is 2. The molecule has 4 aromatic rings. The molecule has 1 aliphatic heterocycles. The summed E-state index contributed by atoms with van der Waals surface area (Å²) in [5.74, 6) is 0.128. The second-order valence-electron chi connectivity index (χ2n) is 13.5. The first-order chi connectivity index (χ1) is 23.0. The van der Waals surface area contributed by atoms with Gasteiger partial charge in [0.1, 0.15) is 11.4 Å². The zero-order valence-corrected chi connectivity index (χ0v) is 28.3. The van der Waals surface area contributed by atoms with Gasteiger partial charge >= 0.3 is 12.1 Å². The fourth-order valence-electron chi connectivity index (χ4n) is 6.33. The Balaban J connectivity index is 1.30. The van der Waals surface area contributed by atoms with Crippen LogP contribution in [0, 0.1) is 0 Å². The number of aryl methyl sites for hydroxylation is 1. The average molecular weight is 655 g/mol. The third kappa shape index (κ3) is 9.01. The van der Waals surface area contributed by atoms with Gasteiger partial charge in [0.05, 0.1) is 16.6 Å². The van der Waals surface area contributed by atoms with Crippen molar-refractivity contribution in [2.75, 3.05) is 26.8 Å². The molecule has 2 heterocycles. The Morgan fingerprint density at radius 1 is 1.00 bits per heavy atom. The smallest absolute Gasteiger partial charge is 0.407 e. The molecule has 5 rings (SSSR count). The van der Waals surface area contributed by atoms with Crippen LogP contribution in [0.1, 0.15) is 74.1 Å². The van der Waals surface area contributed by atoms with Crippen molar-refractivity contribution in [2.24, 2.45) is 0 Å². The summed E-state index contributed by atoms with van der Waals surface area (Å²) in [5, 5.41) is 12.2. The first kappa shape index (κ1) is 34.6. The number of hydrogen-bond donors (Lipinski definition) is 2. The van der Waals surface area contributed by atoms with Crippen molar-refractivity contribution >= 4 is 29.0 Å². The van der Waals surface area contributed by atoms with Crippen molar-refractivity contribution in [3.05, 3.63) is 89.7 Å². The Hall–Kier alpha value is -4.70. The number of likely N-dealkylation sites (tertiary alicyclic amines) is 1. The van der Waals surface area contributed by atoms with Gasteiger partial charge in [0.15, 0.2) is 0 Å². The second kappa shape index (κ2) is 15.5. The fraction of sp³-hybridized carbons (Fsp3) is 0.421. The van der Waals surface area contributed by atoms with E-state index in [1.165, 1.54) is 0 Å². The fourth-order valence-corrected chi connectivity index (χ4v) is 6.33. The molecule has 10 heteroatoms. The van der Waals surface area contributed by atoms with Crippen molar-refractivity contribution in [3.8, 4) is 11.1 Å². The predicted molar refractivity (Wildman–Crippen MR) is 185 cm³/mol. The van der Waals surface area contributed by atoms with E-state index in [9.17, 15) is 19.5 Å². The minimum Gasteiger partial charge on any atom is -0.478 e. The average Bonchev–Trinajstić information content (AvgIpc) is 3.43. The lowest BCUT2D eigenvalue weighted by Crippen LogP contribution is -2.46. The molecular formula is C38H46N4O6. The molecule has 0 aliphatic carbocycles. The highest BCUT2D eigenvalue weighted by Gasteiger charge is 2.30. The van der Waals surface area contributed by atoms with E-state index in [0.29, 0.717) is 26.1 Å². The Morgan fingerprint density at radius 3 is 2.35 bits per heavy atom. The number of nitrogens with zero attached hydrogens (tertiary/aromatic N) is 3. The van der Waals surface area contributed by atoms with Crippen molar-refractivity contribution in [1.82, 2.24) is 19.8 Å². The van der Waals surface area contributed by atoms with Crippen LogP contribution in [-0.2, 0) is 27.2 Å². The summed E-state index contributed by atoms with van der Waals surface area (Å²) in [6, 6.07) is 22.3. The van der Waals surface area contributed by atoms with Gasteiger partial charge in [-0.25, -0.2) is 14.6 Å². The van der Waals surface area contributed by atoms with E-state index >= 15 is 0 Å². The molecule has 0 bridgehead atoms. The molecule has 0 saturated carbocycles. The number of alkyl carbamates (subject to hydrolysis) is 1. The quantitative estimate of drug-likeness (QED) is 0.164. The van der Waals surface area contributed by atoms with Gasteiger partial charge in [0.25, 0.3) is 0 Å². The zero-order chi connectivity index (χ0) is 34.3. The second-order valence-corrected chi connectivity index (χ2v) is 13.5. The third-order valence-corrected chi connectivity index (χ3v) is 8.60. The Kier molecular flexibility index (Phi) is 11.2. The van der Waals surface area contributed by atoms with Crippen LogP contribution in [-0.4, -0.2) is 76.0 Å². The van der Waals surface area contributed by atoms with Gasteiger partial charge in [0.2, 0.25) is 5.91 Å². The van der Waals surface area contributed by atoms with Crippen molar-refractivity contribution in [1.29, 1.82) is 0 Å². The van der Waals surface area contributed by atoms with Crippen LogP contribution in [0.15, 0.2) is 72.8 Å². The topological polar surface area (TPSA) is 123 Å². The van der Waals surface area contributed by atoms with Gasteiger partial charge in [-0.3, -0.25) is 4.79 Å². The maximum atomic E-state index is 13.9. The number of nitrogens with one attached hydrogen (secondary N) is 1. The van der Waals surface area contributed by atoms with Crippen LogP contribution < -0.4 is 5.32 Å². The highest BCUT2D eigenvalue weighted by Crippen LogP contribution is 2.30.